The summed E-state index contributed by atoms with van der Waals surface area (Å²) in [5.74, 6) is -0.0887. The molecule has 8 heteroatoms. The van der Waals surface area contributed by atoms with Crippen LogP contribution in [0.2, 0.25) is 5.02 Å². The van der Waals surface area contributed by atoms with Crippen molar-refractivity contribution in [3.8, 4) is 5.69 Å². The molecule has 1 amide bonds. The molecule has 2 heterocycles. The topological polar surface area (TPSA) is 71.4 Å². The number of hydrogen-bond acceptors (Lipinski definition) is 5. The van der Waals surface area contributed by atoms with Gasteiger partial charge in [-0.2, -0.15) is 5.10 Å². The van der Waals surface area contributed by atoms with Crippen LogP contribution in [-0.4, -0.2) is 59.0 Å². The van der Waals surface area contributed by atoms with Crippen LogP contribution in [0.5, 0.6) is 0 Å². The fraction of sp³-hybridized carbons (Fsp3) is 0.310. The highest BCUT2D eigenvalue weighted by Crippen LogP contribution is 2.30. The van der Waals surface area contributed by atoms with Crippen molar-refractivity contribution in [2.24, 2.45) is 0 Å². The normalized spacial score (nSPS) is 18.2. The fourth-order valence-electron chi connectivity index (χ4n) is 4.89. The van der Waals surface area contributed by atoms with Crippen LogP contribution in [-0.2, 0) is 4.74 Å². The number of fused-ring (bicyclic) bond motifs is 1. The van der Waals surface area contributed by atoms with E-state index >= 15 is 0 Å². The van der Waals surface area contributed by atoms with Gasteiger partial charge in [-0.25, -0.2) is 4.68 Å². The van der Waals surface area contributed by atoms with Crippen LogP contribution < -0.4 is 10.6 Å². The van der Waals surface area contributed by atoms with Crippen molar-refractivity contribution in [1.82, 2.24) is 20.0 Å². The van der Waals surface area contributed by atoms with Crippen molar-refractivity contribution in [2.75, 3.05) is 31.5 Å². The molecule has 1 saturated heterocycles. The van der Waals surface area contributed by atoms with Gasteiger partial charge in [0, 0.05) is 42.8 Å². The first-order chi connectivity index (χ1) is 17.9. The Morgan fingerprint density at radius 2 is 1.86 bits per heavy atom. The molecule has 2 atom stereocenters. The first-order valence-corrected chi connectivity index (χ1v) is 13.0. The van der Waals surface area contributed by atoms with Crippen molar-refractivity contribution in [2.45, 2.75) is 33.0 Å². The molecule has 37 heavy (non-hydrogen) atoms. The van der Waals surface area contributed by atoms with Crippen molar-refractivity contribution < 1.29 is 9.53 Å². The minimum atomic E-state index is -0.0887. The number of anilines is 2. The molecule has 0 saturated carbocycles. The molecule has 1 aliphatic heterocycles. The molecule has 1 aliphatic rings. The van der Waals surface area contributed by atoms with E-state index in [2.05, 4.69) is 34.5 Å². The Balaban J connectivity index is 1.27. The van der Waals surface area contributed by atoms with Crippen LogP contribution in [0.1, 0.15) is 29.8 Å². The Labute approximate surface area is 222 Å². The summed E-state index contributed by atoms with van der Waals surface area (Å²) in [6.07, 6.45) is 2.26. The third kappa shape index (κ3) is 5.80. The predicted octanol–water partition coefficient (Wildman–Crippen LogP) is 5.57. The molecule has 192 valence electrons. The Morgan fingerprint density at radius 3 is 2.68 bits per heavy atom. The molecule has 0 bridgehead atoms. The second kappa shape index (κ2) is 10.9. The van der Waals surface area contributed by atoms with Crippen LogP contribution in [0, 0.1) is 6.92 Å². The van der Waals surface area contributed by atoms with Gasteiger partial charge in [-0.1, -0.05) is 29.8 Å². The zero-order chi connectivity index (χ0) is 25.9. The minimum Gasteiger partial charge on any atom is -0.373 e. The van der Waals surface area contributed by atoms with Gasteiger partial charge >= 0.3 is 0 Å². The minimum absolute atomic E-state index is 0.0887. The van der Waals surface area contributed by atoms with E-state index in [-0.39, 0.29) is 18.1 Å². The number of carbonyl (C=O) groups excluding carboxylic acids is 1. The average molecular weight is 518 g/mol. The van der Waals surface area contributed by atoms with Gasteiger partial charge in [0.05, 0.1) is 40.3 Å². The number of benzene rings is 3. The van der Waals surface area contributed by atoms with Gasteiger partial charge in [0.15, 0.2) is 0 Å². The molecule has 0 spiro atoms. The van der Waals surface area contributed by atoms with Crippen molar-refractivity contribution in [3.63, 3.8) is 0 Å². The maximum atomic E-state index is 12.9. The van der Waals surface area contributed by atoms with Crippen molar-refractivity contribution in [3.05, 3.63) is 83.0 Å². The van der Waals surface area contributed by atoms with Gasteiger partial charge < -0.3 is 15.4 Å². The number of hydrogen-bond donors (Lipinski definition) is 2. The first-order valence-electron chi connectivity index (χ1n) is 12.6. The molecule has 2 N–H and O–H groups in total. The second-order valence-corrected chi connectivity index (χ2v) is 10.1. The standard InChI is InChI=1S/C29H32ClN5O2/c1-19-6-4-9-26(28(19)30)33-24-10-11-27-23(14-24)16-32-35(27)25-8-5-7-22(15-25)29(36)31-12-13-34-17-20(2)37-21(3)18-34/h4-11,14-16,20-21,33H,12-13,17-18H2,1-3H3,(H,31,36)/t20-,21+. The molecule has 0 unspecified atom stereocenters. The largest absolute Gasteiger partial charge is 0.373 e. The number of nitrogens with zero attached hydrogens (tertiary/aromatic N) is 3. The smallest absolute Gasteiger partial charge is 0.251 e. The molecular weight excluding hydrogens is 486 g/mol. The molecule has 5 rings (SSSR count). The summed E-state index contributed by atoms with van der Waals surface area (Å²) in [4.78, 5) is 15.2. The van der Waals surface area contributed by atoms with Crippen LogP contribution in [0.4, 0.5) is 11.4 Å². The lowest BCUT2D eigenvalue weighted by molar-refractivity contribution is -0.0672. The number of nitrogens with one attached hydrogen (secondary N) is 2. The Morgan fingerprint density at radius 1 is 1.08 bits per heavy atom. The summed E-state index contributed by atoms with van der Waals surface area (Å²) in [6, 6.07) is 19.5. The zero-order valence-electron chi connectivity index (χ0n) is 21.4. The van der Waals surface area contributed by atoms with Gasteiger partial charge in [0.2, 0.25) is 0 Å². The fourth-order valence-corrected chi connectivity index (χ4v) is 5.06. The van der Waals surface area contributed by atoms with Gasteiger partial charge in [-0.15, -0.1) is 0 Å². The SMILES string of the molecule is Cc1cccc(Nc2ccc3c(cnn3-c3cccc(C(=O)NCCN4C[C@@H](C)O[C@@H](C)C4)c3)c2)c1Cl. The van der Waals surface area contributed by atoms with E-state index in [9.17, 15) is 4.79 Å². The average Bonchev–Trinajstić information content (AvgIpc) is 3.30. The van der Waals surface area contributed by atoms with E-state index in [0.717, 1.165) is 53.2 Å². The van der Waals surface area contributed by atoms with E-state index in [1.54, 1.807) is 0 Å². The quantitative estimate of drug-likeness (QED) is 0.335. The van der Waals surface area contributed by atoms with Crippen LogP contribution in [0.15, 0.2) is 66.9 Å². The lowest BCUT2D eigenvalue weighted by Crippen LogP contribution is -2.47. The molecule has 0 radical (unpaired) electrons. The van der Waals surface area contributed by atoms with Crippen LogP contribution in [0.25, 0.3) is 16.6 Å². The molecule has 1 fully saturated rings. The van der Waals surface area contributed by atoms with Crippen LogP contribution in [0.3, 0.4) is 0 Å². The Hall–Kier alpha value is -3.39. The van der Waals surface area contributed by atoms with Crippen molar-refractivity contribution in [1.29, 1.82) is 0 Å². The molecule has 1 aromatic heterocycles. The summed E-state index contributed by atoms with van der Waals surface area (Å²) in [5.41, 5.74) is 5.21. The number of rotatable bonds is 7. The summed E-state index contributed by atoms with van der Waals surface area (Å²) in [6.45, 7) is 9.33. The second-order valence-electron chi connectivity index (χ2n) is 9.71. The lowest BCUT2D eigenvalue weighted by Gasteiger charge is -2.35. The number of aryl methyl sites for hydroxylation is 1. The summed E-state index contributed by atoms with van der Waals surface area (Å²) in [5, 5.41) is 12.7. The zero-order valence-corrected chi connectivity index (χ0v) is 22.1. The maximum absolute atomic E-state index is 12.9. The molecular formula is C29H32ClN5O2. The number of carbonyl (C=O) groups is 1. The van der Waals surface area contributed by atoms with Gasteiger partial charge in [-0.05, 0) is 68.8 Å². The number of morpholine rings is 1. The van der Waals surface area contributed by atoms with Gasteiger partial charge in [0.1, 0.15) is 0 Å². The number of aromatic nitrogens is 2. The lowest BCUT2D eigenvalue weighted by atomic mass is 10.1. The third-order valence-electron chi connectivity index (χ3n) is 6.60. The number of amides is 1. The number of halogens is 1. The van der Waals surface area contributed by atoms with Gasteiger partial charge in [-0.3, -0.25) is 9.69 Å². The Kier molecular flexibility index (Phi) is 7.46. The van der Waals surface area contributed by atoms with E-state index < -0.39 is 0 Å². The first kappa shape index (κ1) is 25.3. The van der Waals surface area contributed by atoms with Gasteiger partial charge in [0.25, 0.3) is 5.91 Å². The maximum Gasteiger partial charge on any atom is 0.251 e. The summed E-state index contributed by atoms with van der Waals surface area (Å²) in [7, 11) is 0. The number of ether oxygens (including phenoxy) is 1. The molecule has 0 aliphatic carbocycles. The van der Waals surface area contributed by atoms with E-state index in [1.807, 2.05) is 78.5 Å². The predicted molar refractivity (Wildman–Crippen MR) is 149 cm³/mol. The van der Waals surface area contributed by atoms with Crippen LogP contribution >= 0.6 is 11.6 Å². The molecule has 4 aromatic rings. The highest BCUT2D eigenvalue weighted by molar-refractivity contribution is 6.34. The van der Waals surface area contributed by atoms with Crippen molar-refractivity contribution >= 4 is 39.8 Å². The summed E-state index contributed by atoms with van der Waals surface area (Å²) >= 11 is 6.45. The highest BCUT2D eigenvalue weighted by Gasteiger charge is 2.21. The van der Waals surface area contributed by atoms with E-state index in [4.69, 9.17) is 16.3 Å². The third-order valence-corrected chi connectivity index (χ3v) is 7.10. The highest BCUT2D eigenvalue weighted by atomic mass is 35.5. The van der Waals surface area contributed by atoms with E-state index in [1.165, 1.54) is 0 Å². The molecule has 7 nitrogen and oxygen atoms in total. The Bertz CT molecular complexity index is 1410. The van der Waals surface area contributed by atoms with E-state index in [0.29, 0.717) is 17.1 Å². The summed E-state index contributed by atoms with van der Waals surface area (Å²) < 4.78 is 7.64. The monoisotopic (exact) mass is 517 g/mol. The molecule has 3 aromatic carbocycles.